The van der Waals surface area contributed by atoms with Crippen LogP contribution in [0.5, 0.6) is 11.5 Å². The van der Waals surface area contributed by atoms with Crippen molar-refractivity contribution in [2.45, 2.75) is 11.6 Å². The summed E-state index contributed by atoms with van der Waals surface area (Å²) in [6, 6.07) is 13.5. The van der Waals surface area contributed by atoms with Gasteiger partial charge in [0.05, 0.1) is 25.0 Å². The van der Waals surface area contributed by atoms with Gasteiger partial charge in [0.25, 0.3) is 11.1 Å². The first-order chi connectivity index (χ1) is 15.6. The number of methoxy groups -OCH3 is 2. The molecule has 7 nitrogen and oxygen atoms in total. The van der Waals surface area contributed by atoms with Crippen molar-refractivity contribution in [3.8, 4) is 22.3 Å². The summed E-state index contributed by atoms with van der Waals surface area (Å²) in [6.45, 7) is 0.501. The Morgan fingerprint density at radius 2 is 1.97 bits per heavy atom. The molecule has 0 radical (unpaired) electrons. The van der Waals surface area contributed by atoms with Gasteiger partial charge in [0.1, 0.15) is 4.88 Å². The lowest BCUT2D eigenvalue weighted by molar-refractivity contribution is -0.118. The first kappa shape index (κ1) is 22.4. The maximum atomic E-state index is 12.2. The van der Waals surface area contributed by atoms with Gasteiger partial charge in [-0.25, -0.2) is 0 Å². The SMILES string of the molecule is COc1ccc(CCNC(=O)CSc2nnc(-c3sc4ccccc4c3Cl)o2)cc1OC. The summed E-state index contributed by atoms with van der Waals surface area (Å²) in [5.74, 6) is 1.75. The average Bonchev–Trinajstić information content (AvgIpc) is 3.42. The Kier molecular flexibility index (Phi) is 7.19. The van der Waals surface area contributed by atoms with E-state index in [-0.39, 0.29) is 11.7 Å². The van der Waals surface area contributed by atoms with Crippen molar-refractivity contribution in [2.75, 3.05) is 26.5 Å². The van der Waals surface area contributed by atoms with Crippen molar-refractivity contribution < 1.29 is 18.7 Å². The highest BCUT2D eigenvalue weighted by Crippen LogP contribution is 2.41. The van der Waals surface area contributed by atoms with Crippen LogP contribution in [0.25, 0.3) is 20.9 Å². The quantitative estimate of drug-likeness (QED) is 0.328. The Balaban J connectivity index is 1.28. The van der Waals surface area contributed by atoms with Gasteiger partial charge in [-0.3, -0.25) is 4.79 Å². The summed E-state index contributed by atoms with van der Waals surface area (Å²) in [4.78, 5) is 12.9. The number of nitrogens with one attached hydrogen (secondary N) is 1. The van der Waals surface area contributed by atoms with Gasteiger partial charge >= 0.3 is 0 Å². The zero-order chi connectivity index (χ0) is 22.5. The second-order valence-corrected chi connectivity index (χ2v) is 9.05. The fourth-order valence-corrected chi connectivity index (χ4v) is 5.10. The van der Waals surface area contributed by atoms with Crippen LogP contribution in [-0.4, -0.2) is 42.6 Å². The number of benzene rings is 2. The van der Waals surface area contributed by atoms with Crippen LogP contribution in [-0.2, 0) is 11.2 Å². The second-order valence-electron chi connectivity index (χ2n) is 6.69. The lowest BCUT2D eigenvalue weighted by atomic mass is 10.1. The number of thioether (sulfide) groups is 1. The first-order valence-corrected chi connectivity index (χ1v) is 11.9. The van der Waals surface area contributed by atoms with E-state index in [4.69, 9.17) is 25.5 Å². The molecule has 2 aromatic heterocycles. The van der Waals surface area contributed by atoms with Crippen molar-refractivity contribution in [1.82, 2.24) is 15.5 Å². The largest absolute Gasteiger partial charge is 0.493 e. The van der Waals surface area contributed by atoms with Crippen LogP contribution in [0.1, 0.15) is 5.56 Å². The molecular weight excluding hydrogens is 470 g/mol. The Morgan fingerprint density at radius 1 is 1.16 bits per heavy atom. The molecule has 0 saturated heterocycles. The number of amides is 1. The van der Waals surface area contributed by atoms with Crippen LogP contribution in [0.15, 0.2) is 52.1 Å². The third kappa shape index (κ3) is 5.01. The van der Waals surface area contributed by atoms with Gasteiger partial charge in [-0.05, 0) is 30.2 Å². The molecule has 1 N–H and O–H groups in total. The predicted octanol–water partition coefficient (Wildman–Crippen LogP) is 5.07. The molecule has 166 valence electrons. The van der Waals surface area contributed by atoms with Gasteiger partial charge in [-0.1, -0.05) is 47.6 Å². The van der Waals surface area contributed by atoms with Crippen molar-refractivity contribution in [3.05, 3.63) is 53.1 Å². The van der Waals surface area contributed by atoms with Crippen LogP contribution >= 0.6 is 34.7 Å². The molecule has 1 amide bonds. The standard InChI is InChI=1S/C22H20ClN3O4S2/c1-28-15-8-7-13(11-16(15)29-2)9-10-24-18(27)12-31-22-26-25-21(30-22)20-19(23)14-5-3-4-6-17(14)32-20/h3-8,11H,9-10,12H2,1-2H3,(H,24,27). The highest BCUT2D eigenvalue weighted by Gasteiger charge is 2.18. The van der Waals surface area contributed by atoms with Gasteiger partial charge in [-0.2, -0.15) is 0 Å². The van der Waals surface area contributed by atoms with E-state index in [1.54, 1.807) is 14.2 Å². The van der Waals surface area contributed by atoms with Crippen molar-refractivity contribution in [3.63, 3.8) is 0 Å². The van der Waals surface area contributed by atoms with Crippen LogP contribution in [0.4, 0.5) is 0 Å². The molecule has 0 spiro atoms. The normalized spacial score (nSPS) is 11.0. The number of thiophene rings is 1. The zero-order valence-corrected chi connectivity index (χ0v) is 19.8. The minimum Gasteiger partial charge on any atom is -0.493 e. The summed E-state index contributed by atoms with van der Waals surface area (Å²) in [7, 11) is 3.19. The van der Waals surface area contributed by atoms with E-state index in [1.807, 2.05) is 42.5 Å². The zero-order valence-electron chi connectivity index (χ0n) is 17.4. The molecule has 0 bridgehead atoms. The third-order valence-corrected chi connectivity index (χ3v) is 7.13. The topological polar surface area (TPSA) is 86.5 Å². The maximum Gasteiger partial charge on any atom is 0.277 e. The molecule has 32 heavy (non-hydrogen) atoms. The van der Waals surface area contributed by atoms with Crippen LogP contribution in [0, 0.1) is 0 Å². The van der Waals surface area contributed by atoms with E-state index in [2.05, 4.69) is 15.5 Å². The summed E-state index contributed by atoms with van der Waals surface area (Å²) < 4.78 is 17.3. The fraction of sp³-hybridized carbons (Fsp3) is 0.227. The number of ether oxygens (including phenoxy) is 2. The minimum atomic E-state index is -0.116. The Labute approximate surface area is 198 Å². The Morgan fingerprint density at radius 3 is 2.75 bits per heavy atom. The molecule has 0 aliphatic heterocycles. The molecule has 4 rings (SSSR count). The van der Waals surface area contributed by atoms with Gasteiger partial charge in [0, 0.05) is 16.6 Å². The number of carbonyl (C=O) groups excluding carboxylic acids is 1. The molecule has 0 saturated carbocycles. The van der Waals surface area contributed by atoms with Crippen molar-refractivity contribution in [1.29, 1.82) is 0 Å². The lowest BCUT2D eigenvalue weighted by Gasteiger charge is -2.10. The van der Waals surface area contributed by atoms with Gasteiger partial charge < -0.3 is 19.2 Å². The lowest BCUT2D eigenvalue weighted by Crippen LogP contribution is -2.27. The van der Waals surface area contributed by atoms with Crippen molar-refractivity contribution >= 4 is 50.7 Å². The number of aromatic nitrogens is 2. The molecule has 4 aromatic rings. The van der Waals surface area contributed by atoms with Gasteiger partial charge in [0.15, 0.2) is 11.5 Å². The van der Waals surface area contributed by atoms with Crippen LogP contribution in [0.2, 0.25) is 5.02 Å². The third-order valence-electron chi connectivity index (χ3n) is 4.65. The summed E-state index contributed by atoms with van der Waals surface area (Å²) >= 11 is 9.15. The highest BCUT2D eigenvalue weighted by atomic mass is 35.5. The van der Waals surface area contributed by atoms with Gasteiger partial charge in [0.2, 0.25) is 5.91 Å². The summed E-state index contributed by atoms with van der Waals surface area (Å²) in [6.07, 6.45) is 0.673. The fourth-order valence-electron chi connectivity index (χ4n) is 3.07. The van der Waals surface area contributed by atoms with Crippen molar-refractivity contribution in [2.24, 2.45) is 0 Å². The molecule has 0 aliphatic rings. The monoisotopic (exact) mass is 489 g/mol. The van der Waals surface area contributed by atoms with Gasteiger partial charge in [-0.15, -0.1) is 21.5 Å². The molecular formula is C22H20ClN3O4S2. The Bertz CT molecular complexity index is 1240. The maximum absolute atomic E-state index is 12.2. The van der Waals surface area contributed by atoms with E-state index in [9.17, 15) is 4.79 Å². The minimum absolute atomic E-state index is 0.116. The number of hydrogen-bond donors (Lipinski definition) is 1. The Hall–Kier alpha value is -2.75. The number of carbonyl (C=O) groups is 1. The number of fused-ring (bicyclic) bond motifs is 1. The second kappa shape index (κ2) is 10.2. The number of rotatable bonds is 9. The van der Waals surface area contributed by atoms with E-state index in [0.29, 0.717) is 40.6 Å². The molecule has 2 aromatic carbocycles. The highest BCUT2D eigenvalue weighted by molar-refractivity contribution is 7.99. The summed E-state index contributed by atoms with van der Waals surface area (Å²) in [5, 5.41) is 12.9. The van der Waals surface area contributed by atoms with Crippen LogP contribution in [0.3, 0.4) is 0 Å². The molecule has 0 aliphatic carbocycles. The number of nitrogens with zero attached hydrogens (tertiary/aromatic N) is 2. The number of hydrogen-bond acceptors (Lipinski definition) is 8. The molecule has 0 fully saturated rings. The average molecular weight is 490 g/mol. The summed E-state index contributed by atoms with van der Waals surface area (Å²) in [5.41, 5.74) is 1.04. The molecule has 0 atom stereocenters. The van der Waals surface area contributed by atoms with Crippen LogP contribution < -0.4 is 14.8 Å². The smallest absolute Gasteiger partial charge is 0.277 e. The molecule has 10 heteroatoms. The number of halogens is 1. The van der Waals surface area contributed by atoms with E-state index in [0.717, 1.165) is 20.5 Å². The predicted molar refractivity (Wildman–Crippen MR) is 127 cm³/mol. The molecule has 2 heterocycles. The van der Waals surface area contributed by atoms with E-state index >= 15 is 0 Å². The first-order valence-electron chi connectivity index (χ1n) is 9.70. The molecule has 0 unspecified atom stereocenters. The van der Waals surface area contributed by atoms with E-state index in [1.165, 1.54) is 23.1 Å². The van der Waals surface area contributed by atoms with E-state index < -0.39 is 0 Å².